The van der Waals surface area contributed by atoms with Crippen LogP contribution in [-0.4, -0.2) is 10.1 Å². The molecule has 1 heterocycles. The molecule has 0 fully saturated rings. The van der Waals surface area contributed by atoms with E-state index in [1.807, 2.05) is 0 Å². The van der Waals surface area contributed by atoms with Gasteiger partial charge in [-0.25, -0.2) is 8.78 Å². The molecule has 0 atom stereocenters. The van der Waals surface area contributed by atoms with Crippen molar-refractivity contribution >= 4 is 11.6 Å². The van der Waals surface area contributed by atoms with Crippen molar-refractivity contribution in [2.24, 2.45) is 0 Å². The van der Waals surface area contributed by atoms with Crippen molar-refractivity contribution in [2.75, 3.05) is 0 Å². The highest BCUT2D eigenvalue weighted by Crippen LogP contribution is 2.27. The van der Waals surface area contributed by atoms with Gasteiger partial charge in [0, 0.05) is 17.6 Å². The molecule has 0 spiro atoms. The first-order chi connectivity index (χ1) is 6.61. The topological polar surface area (TPSA) is 33.1 Å². The van der Waals surface area contributed by atoms with E-state index in [2.05, 4.69) is 4.98 Å². The second kappa shape index (κ2) is 4.66. The summed E-state index contributed by atoms with van der Waals surface area (Å²) in [6.07, 6.45) is -1.22. The molecule has 14 heavy (non-hydrogen) atoms. The summed E-state index contributed by atoms with van der Waals surface area (Å²) < 4.78 is 25.2. The van der Waals surface area contributed by atoms with Crippen LogP contribution in [0.25, 0.3) is 0 Å². The first-order valence-electron chi connectivity index (χ1n) is 4.04. The fourth-order valence-electron chi connectivity index (χ4n) is 1.26. The molecule has 0 saturated heterocycles. The number of hydrogen-bond donors (Lipinski definition) is 1. The molecule has 78 valence electrons. The minimum absolute atomic E-state index is 0.0198. The molecule has 5 heteroatoms. The van der Waals surface area contributed by atoms with Crippen molar-refractivity contribution in [3.63, 3.8) is 0 Å². The molecule has 0 aliphatic carbocycles. The molecule has 1 rings (SSSR count). The van der Waals surface area contributed by atoms with Gasteiger partial charge in [-0.1, -0.05) is 0 Å². The van der Waals surface area contributed by atoms with Crippen molar-refractivity contribution in [1.82, 2.24) is 4.98 Å². The van der Waals surface area contributed by atoms with E-state index >= 15 is 0 Å². The molecule has 0 aromatic carbocycles. The Bertz CT molecular complexity index is 331. The smallest absolute Gasteiger partial charge is 0.265 e. The van der Waals surface area contributed by atoms with E-state index in [4.69, 9.17) is 16.7 Å². The van der Waals surface area contributed by atoms with Gasteiger partial charge in [-0.15, -0.1) is 11.6 Å². The second-order valence-electron chi connectivity index (χ2n) is 2.86. The van der Waals surface area contributed by atoms with Gasteiger partial charge in [0.25, 0.3) is 6.43 Å². The van der Waals surface area contributed by atoms with E-state index in [0.717, 1.165) is 0 Å². The van der Waals surface area contributed by atoms with E-state index in [9.17, 15) is 8.78 Å². The normalized spacial score (nSPS) is 11.0. The van der Waals surface area contributed by atoms with Crippen LogP contribution in [0.1, 0.15) is 28.8 Å². The van der Waals surface area contributed by atoms with Crippen molar-refractivity contribution < 1.29 is 13.9 Å². The number of pyridine rings is 1. The number of halogens is 3. The van der Waals surface area contributed by atoms with Crippen LogP contribution in [0.15, 0.2) is 6.20 Å². The lowest BCUT2D eigenvalue weighted by atomic mass is 10.0. The van der Waals surface area contributed by atoms with Crippen molar-refractivity contribution in [3.05, 3.63) is 28.6 Å². The van der Waals surface area contributed by atoms with Gasteiger partial charge in [0.2, 0.25) is 0 Å². The van der Waals surface area contributed by atoms with Gasteiger partial charge >= 0.3 is 0 Å². The largest absolute Gasteiger partial charge is 0.390 e. The van der Waals surface area contributed by atoms with Gasteiger partial charge in [0.1, 0.15) is 0 Å². The highest BCUT2D eigenvalue weighted by atomic mass is 35.5. The highest BCUT2D eigenvalue weighted by molar-refractivity contribution is 6.17. The quantitative estimate of drug-likeness (QED) is 0.796. The Morgan fingerprint density at radius 2 is 2.21 bits per heavy atom. The molecule has 0 aliphatic rings. The van der Waals surface area contributed by atoms with E-state index in [-0.39, 0.29) is 17.1 Å². The minimum atomic E-state index is -2.63. The zero-order valence-electron chi connectivity index (χ0n) is 7.60. The molecule has 0 unspecified atom stereocenters. The van der Waals surface area contributed by atoms with Crippen LogP contribution in [0.3, 0.4) is 0 Å². The summed E-state index contributed by atoms with van der Waals surface area (Å²) >= 11 is 5.56. The Kier molecular flexibility index (Phi) is 3.77. The summed E-state index contributed by atoms with van der Waals surface area (Å²) in [6.45, 7) is 1.07. The molecule has 1 aromatic heterocycles. The van der Waals surface area contributed by atoms with E-state index in [1.165, 1.54) is 6.20 Å². The Morgan fingerprint density at radius 3 is 2.64 bits per heavy atom. The van der Waals surface area contributed by atoms with Crippen LogP contribution in [0, 0.1) is 6.92 Å². The first kappa shape index (κ1) is 11.3. The maximum atomic E-state index is 12.6. The summed E-state index contributed by atoms with van der Waals surface area (Å²) in [5, 5.41) is 8.83. The number of hydrogen-bond acceptors (Lipinski definition) is 2. The Labute approximate surface area is 85.5 Å². The van der Waals surface area contributed by atoms with Crippen LogP contribution in [0.4, 0.5) is 8.78 Å². The molecule has 0 bridgehead atoms. The average Bonchev–Trinajstić information content (AvgIpc) is 2.16. The van der Waals surface area contributed by atoms with Gasteiger partial charge < -0.3 is 5.11 Å². The molecule has 0 radical (unpaired) electrons. The maximum Gasteiger partial charge on any atom is 0.265 e. The zero-order valence-corrected chi connectivity index (χ0v) is 8.35. The summed E-state index contributed by atoms with van der Waals surface area (Å²) in [5.74, 6) is 0.143. The molecule has 1 aromatic rings. The monoisotopic (exact) mass is 221 g/mol. The SMILES string of the molecule is Cc1c(CCl)cnc(CO)c1C(F)F. The lowest BCUT2D eigenvalue weighted by molar-refractivity contribution is 0.145. The molecule has 0 saturated carbocycles. The van der Waals surface area contributed by atoms with E-state index in [1.54, 1.807) is 6.92 Å². The average molecular weight is 222 g/mol. The van der Waals surface area contributed by atoms with Crippen molar-refractivity contribution in [1.29, 1.82) is 0 Å². The van der Waals surface area contributed by atoms with Gasteiger partial charge in [0.05, 0.1) is 12.3 Å². The van der Waals surface area contributed by atoms with Gasteiger partial charge in [-0.2, -0.15) is 0 Å². The molecule has 2 nitrogen and oxygen atoms in total. The molecular weight excluding hydrogens is 212 g/mol. The summed E-state index contributed by atoms with van der Waals surface area (Å²) in [6, 6.07) is 0. The third-order valence-corrected chi connectivity index (χ3v) is 2.37. The summed E-state index contributed by atoms with van der Waals surface area (Å²) in [4.78, 5) is 3.74. The number of aromatic nitrogens is 1. The third kappa shape index (κ3) is 2.01. The van der Waals surface area contributed by atoms with Crippen LogP contribution >= 0.6 is 11.6 Å². The number of aliphatic hydroxyl groups is 1. The van der Waals surface area contributed by atoms with Gasteiger partial charge in [0.15, 0.2) is 0 Å². The van der Waals surface area contributed by atoms with E-state index < -0.39 is 13.0 Å². The Hall–Kier alpha value is -0.740. The first-order valence-corrected chi connectivity index (χ1v) is 4.57. The second-order valence-corrected chi connectivity index (χ2v) is 3.13. The van der Waals surface area contributed by atoms with Crippen LogP contribution in [0.5, 0.6) is 0 Å². The predicted octanol–water partition coefficient (Wildman–Crippen LogP) is 2.56. The van der Waals surface area contributed by atoms with Crippen LogP contribution in [0.2, 0.25) is 0 Å². The fourth-order valence-corrected chi connectivity index (χ4v) is 1.53. The van der Waals surface area contributed by atoms with Crippen LogP contribution in [-0.2, 0) is 12.5 Å². The molecule has 0 aliphatic heterocycles. The lowest BCUT2D eigenvalue weighted by Gasteiger charge is -2.11. The lowest BCUT2D eigenvalue weighted by Crippen LogP contribution is -2.04. The number of alkyl halides is 3. The highest BCUT2D eigenvalue weighted by Gasteiger charge is 2.18. The molecular formula is C9H10ClF2NO. The zero-order chi connectivity index (χ0) is 10.7. The molecule has 0 amide bonds. The summed E-state index contributed by atoms with van der Waals surface area (Å²) in [5.41, 5.74) is 0.797. The van der Waals surface area contributed by atoms with Crippen molar-refractivity contribution in [2.45, 2.75) is 25.8 Å². The fraction of sp³-hybridized carbons (Fsp3) is 0.444. The standard InChI is InChI=1S/C9H10ClF2NO/c1-5-6(2-10)3-13-7(4-14)8(5)9(11)12/h3,9,14H,2,4H2,1H3. The van der Waals surface area contributed by atoms with Crippen LogP contribution < -0.4 is 0 Å². The number of nitrogens with zero attached hydrogens (tertiary/aromatic N) is 1. The Balaban J connectivity index is 3.31. The number of rotatable bonds is 3. The predicted molar refractivity (Wildman–Crippen MR) is 49.4 cm³/mol. The Morgan fingerprint density at radius 1 is 1.57 bits per heavy atom. The summed E-state index contributed by atoms with van der Waals surface area (Å²) in [7, 11) is 0. The number of aliphatic hydroxyl groups excluding tert-OH is 1. The molecule has 1 N–H and O–H groups in total. The minimum Gasteiger partial charge on any atom is -0.390 e. The third-order valence-electron chi connectivity index (χ3n) is 2.08. The van der Waals surface area contributed by atoms with Gasteiger partial charge in [-0.3, -0.25) is 4.98 Å². The van der Waals surface area contributed by atoms with E-state index in [0.29, 0.717) is 11.1 Å². The van der Waals surface area contributed by atoms with Crippen molar-refractivity contribution in [3.8, 4) is 0 Å². The maximum absolute atomic E-state index is 12.6. The van der Waals surface area contributed by atoms with Gasteiger partial charge in [-0.05, 0) is 18.1 Å².